The maximum Gasteiger partial charge on any atom is 0.223 e. The molecule has 6 heteroatoms. The third-order valence-electron chi connectivity index (χ3n) is 5.17. The molecular formula is C18H22F2N2O2. The highest BCUT2D eigenvalue weighted by Crippen LogP contribution is 2.27. The van der Waals surface area contributed by atoms with E-state index in [4.69, 9.17) is 0 Å². The van der Waals surface area contributed by atoms with Crippen LogP contribution in [0, 0.1) is 23.5 Å². The second-order valence-electron chi connectivity index (χ2n) is 6.68. The van der Waals surface area contributed by atoms with Gasteiger partial charge in [0.2, 0.25) is 5.91 Å². The number of carbonyl (C=O) groups excluding carboxylic acids is 2. The molecular weight excluding hydrogens is 314 g/mol. The summed E-state index contributed by atoms with van der Waals surface area (Å²) in [6.45, 7) is 3.49. The van der Waals surface area contributed by atoms with E-state index in [-0.39, 0.29) is 24.3 Å². The van der Waals surface area contributed by atoms with E-state index in [9.17, 15) is 18.4 Å². The molecule has 2 atom stereocenters. The molecule has 130 valence electrons. The number of fused-ring (bicyclic) bond motifs is 1. The normalized spacial score (nSPS) is 23.7. The molecule has 2 fully saturated rings. The Balaban J connectivity index is 1.52. The fourth-order valence-corrected chi connectivity index (χ4v) is 3.70. The molecule has 0 aliphatic carbocycles. The Kier molecular flexibility index (Phi) is 5.23. The highest BCUT2D eigenvalue weighted by Gasteiger charge is 2.31. The Morgan fingerprint density at radius 1 is 1.08 bits per heavy atom. The molecule has 0 radical (unpaired) electrons. The molecule has 4 nitrogen and oxygen atoms in total. The standard InChI is InChI=1S/C18H22F2N2O2/c19-14-1-2-15(16(20)9-14)17(23)3-4-18(24)22-7-5-12-10-21-11-13(12)6-8-22/h1-2,9,12-13,21H,3-8,10-11H2/t12-,13+. The van der Waals surface area contributed by atoms with Crippen LogP contribution in [-0.2, 0) is 4.79 Å². The maximum atomic E-state index is 13.6. The lowest BCUT2D eigenvalue weighted by Crippen LogP contribution is -2.33. The number of ketones is 1. The van der Waals surface area contributed by atoms with Gasteiger partial charge in [-0.2, -0.15) is 0 Å². The SMILES string of the molecule is O=C(CCC(=O)N1CC[C@@H]2CNC[C@@H]2CC1)c1ccc(F)cc1F. The number of carbonyl (C=O) groups is 2. The second kappa shape index (κ2) is 7.38. The van der Waals surface area contributed by atoms with E-state index in [1.807, 2.05) is 4.90 Å². The van der Waals surface area contributed by atoms with Crippen molar-refractivity contribution in [1.29, 1.82) is 0 Å². The second-order valence-corrected chi connectivity index (χ2v) is 6.68. The van der Waals surface area contributed by atoms with E-state index >= 15 is 0 Å². The number of rotatable bonds is 4. The predicted molar refractivity (Wildman–Crippen MR) is 85.6 cm³/mol. The van der Waals surface area contributed by atoms with Gasteiger partial charge in [0.25, 0.3) is 0 Å². The van der Waals surface area contributed by atoms with Gasteiger partial charge in [0.05, 0.1) is 5.56 Å². The van der Waals surface area contributed by atoms with Crippen molar-refractivity contribution in [2.45, 2.75) is 25.7 Å². The number of nitrogens with one attached hydrogen (secondary N) is 1. The first-order valence-electron chi connectivity index (χ1n) is 8.51. The Bertz CT molecular complexity index is 621. The van der Waals surface area contributed by atoms with Crippen molar-refractivity contribution in [3.05, 3.63) is 35.4 Å². The molecule has 24 heavy (non-hydrogen) atoms. The van der Waals surface area contributed by atoms with Crippen LogP contribution in [0.2, 0.25) is 0 Å². The van der Waals surface area contributed by atoms with Crippen LogP contribution in [0.15, 0.2) is 18.2 Å². The van der Waals surface area contributed by atoms with Crippen LogP contribution in [0.25, 0.3) is 0 Å². The van der Waals surface area contributed by atoms with E-state index < -0.39 is 17.4 Å². The smallest absolute Gasteiger partial charge is 0.223 e. The van der Waals surface area contributed by atoms with Crippen molar-refractivity contribution in [1.82, 2.24) is 10.2 Å². The monoisotopic (exact) mass is 336 g/mol. The van der Waals surface area contributed by atoms with E-state index in [2.05, 4.69) is 5.32 Å². The van der Waals surface area contributed by atoms with Crippen LogP contribution < -0.4 is 5.32 Å². The molecule has 0 spiro atoms. The summed E-state index contributed by atoms with van der Waals surface area (Å²) in [5, 5.41) is 3.39. The summed E-state index contributed by atoms with van der Waals surface area (Å²) in [5.74, 6) is -0.835. The first kappa shape index (κ1) is 17.0. The zero-order chi connectivity index (χ0) is 17.1. The Morgan fingerprint density at radius 2 is 1.75 bits per heavy atom. The fourth-order valence-electron chi connectivity index (χ4n) is 3.70. The summed E-state index contributed by atoms with van der Waals surface area (Å²) in [6.07, 6.45) is 2.00. The van der Waals surface area contributed by atoms with Gasteiger partial charge in [-0.25, -0.2) is 8.78 Å². The van der Waals surface area contributed by atoms with E-state index in [1.165, 1.54) is 0 Å². The molecule has 0 unspecified atom stereocenters. The molecule has 3 rings (SSSR count). The van der Waals surface area contributed by atoms with Gasteiger partial charge in [0, 0.05) is 32.0 Å². The lowest BCUT2D eigenvalue weighted by molar-refractivity contribution is -0.131. The van der Waals surface area contributed by atoms with Crippen LogP contribution in [0.3, 0.4) is 0 Å². The van der Waals surface area contributed by atoms with Crippen LogP contribution in [0.4, 0.5) is 8.78 Å². The highest BCUT2D eigenvalue weighted by atomic mass is 19.1. The molecule has 2 saturated heterocycles. The molecule has 1 amide bonds. The highest BCUT2D eigenvalue weighted by molar-refractivity contribution is 5.98. The molecule has 2 aliphatic heterocycles. The number of nitrogens with zero attached hydrogens (tertiary/aromatic N) is 1. The third kappa shape index (κ3) is 3.80. The van der Waals surface area contributed by atoms with Gasteiger partial charge in [-0.15, -0.1) is 0 Å². The minimum absolute atomic E-state index is 0.0493. The van der Waals surface area contributed by atoms with E-state index in [0.29, 0.717) is 17.9 Å². The summed E-state index contributed by atoms with van der Waals surface area (Å²) < 4.78 is 26.5. The first-order valence-corrected chi connectivity index (χ1v) is 8.51. The number of amides is 1. The molecule has 2 aliphatic rings. The fraction of sp³-hybridized carbons (Fsp3) is 0.556. The Labute approximate surface area is 140 Å². The quantitative estimate of drug-likeness (QED) is 0.859. The summed E-state index contributed by atoms with van der Waals surface area (Å²) in [7, 11) is 0. The van der Waals surface area contributed by atoms with Gasteiger partial charge in [-0.3, -0.25) is 9.59 Å². The number of benzene rings is 1. The van der Waals surface area contributed by atoms with Crippen molar-refractivity contribution in [2.24, 2.45) is 11.8 Å². The minimum Gasteiger partial charge on any atom is -0.343 e. The summed E-state index contributed by atoms with van der Waals surface area (Å²) >= 11 is 0. The Hall–Kier alpha value is -1.82. The van der Waals surface area contributed by atoms with Gasteiger partial charge >= 0.3 is 0 Å². The first-order chi connectivity index (χ1) is 11.5. The third-order valence-corrected chi connectivity index (χ3v) is 5.17. The number of halogens is 2. The molecule has 1 N–H and O–H groups in total. The van der Waals surface area contributed by atoms with Crippen molar-refractivity contribution < 1.29 is 18.4 Å². The van der Waals surface area contributed by atoms with Gasteiger partial charge in [0.1, 0.15) is 11.6 Å². The summed E-state index contributed by atoms with van der Waals surface area (Å²) in [6, 6.07) is 2.88. The molecule has 1 aromatic carbocycles. The number of hydrogen-bond acceptors (Lipinski definition) is 3. The zero-order valence-electron chi connectivity index (χ0n) is 13.6. The summed E-state index contributed by atoms with van der Waals surface area (Å²) in [5.41, 5.74) is -0.152. The van der Waals surface area contributed by atoms with Crippen LogP contribution in [0.1, 0.15) is 36.0 Å². The van der Waals surface area contributed by atoms with Crippen molar-refractivity contribution >= 4 is 11.7 Å². The lowest BCUT2D eigenvalue weighted by Gasteiger charge is -2.20. The van der Waals surface area contributed by atoms with Crippen LogP contribution in [-0.4, -0.2) is 42.8 Å². The number of hydrogen-bond donors (Lipinski definition) is 1. The van der Waals surface area contributed by atoms with Crippen LogP contribution >= 0.6 is 0 Å². The summed E-state index contributed by atoms with van der Waals surface area (Å²) in [4.78, 5) is 26.2. The predicted octanol–water partition coefficient (Wildman–Crippen LogP) is 2.39. The largest absolute Gasteiger partial charge is 0.343 e. The van der Waals surface area contributed by atoms with Crippen molar-refractivity contribution in [2.75, 3.05) is 26.2 Å². The average molecular weight is 336 g/mol. The number of likely N-dealkylation sites (tertiary alicyclic amines) is 1. The topological polar surface area (TPSA) is 49.4 Å². The van der Waals surface area contributed by atoms with Gasteiger partial charge in [-0.05, 0) is 49.9 Å². The molecule has 0 bridgehead atoms. The molecule has 1 aromatic rings. The Morgan fingerprint density at radius 3 is 2.38 bits per heavy atom. The van der Waals surface area contributed by atoms with E-state index in [1.54, 1.807) is 0 Å². The molecule has 2 heterocycles. The van der Waals surface area contributed by atoms with Crippen LogP contribution in [0.5, 0.6) is 0 Å². The molecule has 0 saturated carbocycles. The van der Waals surface area contributed by atoms with Gasteiger partial charge in [0.15, 0.2) is 5.78 Å². The lowest BCUT2D eigenvalue weighted by atomic mass is 9.92. The van der Waals surface area contributed by atoms with Gasteiger partial charge in [-0.1, -0.05) is 0 Å². The van der Waals surface area contributed by atoms with Gasteiger partial charge < -0.3 is 10.2 Å². The van der Waals surface area contributed by atoms with Crippen molar-refractivity contribution in [3.63, 3.8) is 0 Å². The van der Waals surface area contributed by atoms with E-state index in [0.717, 1.165) is 51.2 Å². The zero-order valence-corrected chi connectivity index (χ0v) is 13.6. The van der Waals surface area contributed by atoms with Crippen molar-refractivity contribution in [3.8, 4) is 0 Å². The minimum atomic E-state index is -0.873. The average Bonchev–Trinajstić information content (AvgIpc) is 2.91. The maximum absolute atomic E-state index is 13.6. The molecule has 0 aromatic heterocycles. The number of Topliss-reactive ketones (excluding diaryl/α,β-unsaturated/α-hetero) is 1.